The minimum atomic E-state index is -0.377. The third-order valence-corrected chi connectivity index (χ3v) is 3.73. The summed E-state index contributed by atoms with van der Waals surface area (Å²) < 4.78 is 18.7. The number of halogens is 1. The summed E-state index contributed by atoms with van der Waals surface area (Å²) in [6.07, 6.45) is -0.228. The van der Waals surface area contributed by atoms with Crippen LogP contribution in [-0.2, 0) is 4.74 Å². The number of para-hydroxylation sites is 2. The molecule has 1 saturated heterocycles. The second-order valence-corrected chi connectivity index (χ2v) is 5.10. The van der Waals surface area contributed by atoms with Crippen molar-refractivity contribution >= 4 is 11.4 Å². The third kappa shape index (κ3) is 2.92. The highest BCUT2D eigenvalue weighted by atomic mass is 19.1. The predicted molar refractivity (Wildman–Crippen MR) is 80.4 cm³/mol. The molecule has 0 N–H and O–H groups in total. The highest BCUT2D eigenvalue weighted by Gasteiger charge is 2.26. The minimum absolute atomic E-state index is 0.0854. The number of rotatable bonds is 3. The molecule has 0 saturated carbocycles. The molecule has 22 heavy (non-hydrogen) atoms. The van der Waals surface area contributed by atoms with E-state index in [2.05, 4.69) is 0 Å². The van der Waals surface area contributed by atoms with Crippen molar-refractivity contribution in [2.45, 2.75) is 6.10 Å². The number of benzene rings is 2. The number of nitro benzene ring substituents is 1. The molecule has 0 unspecified atom stereocenters. The third-order valence-electron chi connectivity index (χ3n) is 3.73. The van der Waals surface area contributed by atoms with Gasteiger partial charge >= 0.3 is 0 Å². The summed E-state index contributed by atoms with van der Waals surface area (Å²) in [6.45, 7) is 1.55. The maximum Gasteiger partial charge on any atom is 0.292 e. The molecule has 0 radical (unpaired) electrons. The molecule has 114 valence electrons. The molecule has 1 fully saturated rings. The lowest BCUT2D eigenvalue weighted by Crippen LogP contribution is -2.38. The van der Waals surface area contributed by atoms with Gasteiger partial charge in [-0.2, -0.15) is 0 Å². The zero-order valence-electron chi connectivity index (χ0n) is 11.8. The van der Waals surface area contributed by atoms with Gasteiger partial charge in [-0.05, 0) is 23.8 Å². The average molecular weight is 302 g/mol. The zero-order valence-corrected chi connectivity index (χ0v) is 11.8. The molecule has 2 aromatic carbocycles. The van der Waals surface area contributed by atoms with Crippen molar-refractivity contribution in [2.75, 3.05) is 24.6 Å². The van der Waals surface area contributed by atoms with E-state index in [1.54, 1.807) is 30.3 Å². The van der Waals surface area contributed by atoms with Gasteiger partial charge in [-0.3, -0.25) is 10.1 Å². The summed E-state index contributed by atoms with van der Waals surface area (Å²) in [5, 5.41) is 11.2. The summed E-state index contributed by atoms with van der Waals surface area (Å²) in [4.78, 5) is 12.7. The second kappa shape index (κ2) is 6.11. The van der Waals surface area contributed by atoms with Gasteiger partial charge in [0.25, 0.3) is 5.69 Å². The van der Waals surface area contributed by atoms with Crippen LogP contribution in [0.3, 0.4) is 0 Å². The van der Waals surface area contributed by atoms with E-state index < -0.39 is 0 Å². The number of anilines is 1. The molecule has 1 heterocycles. The topological polar surface area (TPSA) is 55.6 Å². The maximum atomic E-state index is 13.0. The SMILES string of the molecule is O=[N+]([O-])c1ccccc1N1CCO[C@@H](c2ccc(F)cc2)C1. The van der Waals surface area contributed by atoms with Gasteiger partial charge in [0.05, 0.1) is 11.5 Å². The summed E-state index contributed by atoms with van der Waals surface area (Å²) in [5.74, 6) is -0.296. The minimum Gasteiger partial charge on any atom is -0.370 e. The number of morpholine rings is 1. The lowest BCUT2D eigenvalue weighted by atomic mass is 10.1. The summed E-state index contributed by atoms with van der Waals surface area (Å²) in [7, 11) is 0. The number of hydrogen-bond acceptors (Lipinski definition) is 4. The van der Waals surface area contributed by atoms with E-state index >= 15 is 0 Å². The van der Waals surface area contributed by atoms with Gasteiger partial charge in [0.2, 0.25) is 0 Å². The molecule has 0 spiro atoms. The fourth-order valence-corrected chi connectivity index (χ4v) is 2.63. The fraction of sp³-hybridized carbons (Fsp3) is 0.250. The second-order valence-electron chi connectivity index (χ2n) is 5.10. The molecule has 2 aromatic rings. The summed E-state index contributed by atoms with van der Waals surface area (Å²) in [5.41, 5.74) is 1.54. The van der Waals surface area contributed by atoms with E-state index in [1.807, 2.05) is 4.90 Å². The molecular formula is C16H15FN2O3. The number of hydrogen-bond donors (Lipinski definition) is 0. The van der Waals surface area contributed by atoms with Crippen LogP contribution < -0.4 is 4.90 Å². The molecular weight excluding hydrogens is 287 g/mol. The molecule has 5 nitrogen and oxygen atoms in total. The van der Waals surface area contributed by atoms with E-state index in [-0.39, 0.29) is 22.5 Å². The average Bonchev–Trinajstić information content (AvgIpc) is 2.55. The van der Waals surface area contributed by atoms with Gasteiger partial charge in [-0.25, -0.2) is 4.39 Å². The molecule has 6 heteroatoms. The Balaban J connectivity index is 1.84. The molecule has 1 aliphatic heterocycles. The zero-order chi connectivity index (χ0) is 15.5. The molecule has 0 amide bonds. The van der Waals surface area contributed by atoms with Gasteiger partial charge < -0.3 is 9.64 Å². The van der Waals surface area contributed by atoms with Crippen molar-refractivity contribution in [2.24, 2.45) is 0 Å². The van der Waals surface area contributed by atoms with Crippen LogP contribution in [0.15, 0.2) is 48.5 Å². The smallest absolute Gasteiger partial charge is 0.292 e. The first-order valence-electron chi connectivity index (χ1n) is 7.00. The Morgan fingerprint density at radius 2 is 1.91 bits per heavy atom. The van der Waals surface area contributed by atoms with E-state index in [9.17, 15) is 14.5 Å². The first-order valence-corrected chi connectivity index (χ1v) is 7.00. The molecule has 0 aromatic heterocycles. The van der Waals surface area contributed by atoms with Crippen molar-refractivity contribution in [3.8, 4) is 0 Å². The Morgan fingerprint density at radius 3 is 2.64 bits per heavy atom. The molecule has 0 bridgehead atoms. The highest BCUT2D eigenvalue weighted by molar-refractivity contribution is 5.63. The van der Waals surface area contributed by atoms with Gasteiger partial charge in [0, 0.05) is 19.2 Å². The van der Waals surface area contributed by atoms with E-state index in [0.29, 0.717) is 25.4 Å². The van der Waals surface area contributed by atoms with Crippen LogP contribution >= 0.6 is 0 Å². The number of ether oxygens (including phenoxy) is 1. The van der Waals surface area contributed by atoms with Crippen molar-refractivity contribution in [3.63, 3.8) is 0 Å². The Bertz CT molecular complexity index is 675. The van der Waals surface area contributed by atoms with Crippen LogP contribution in [0.2, 0.25) is 0 Å². The van der Waals surface area contributed by atoms with Crippen molar-refractivity contribution in [3.05, 3.63) is 70.0 Å². The fourth-order valence-electron chi connectivity index (χ4n) is 2.63. The monoisotopic (exact) mass is 302 g/mol. The molecule has 1 atom stereocenters. The number of nitro groups is 1. The van der Waals surface area contributed by atoms with Crippen LogP contribution in [0.5, 0.6) is 0 Å². The standard InChI is InChI=1S/C16H15FN2O3/c17-13-7-5-12(6-8-13)16-11-18(9-10-22-16)14-3-1-2-4-15(14)19(20)21/h1-8,16H,9-11H2/t16-/m1/s1. The van der Waals surface area contributed by atoms with Crippen molar-refractivity contribution < 1.29 is 14.1 Å². The van der Waals surface area contributed by atoms with Crippen LogP contribution in [0, 0.1) is 15.9 Å². The van der Waals surface area contributed by atoms with Gasteiger partial charge in [-0.15, -0.1) is 0 Å². The molecule has 0 aliphatic carbocycles. The van der Waals surface area contributed by atoms with Crippen LogP contribution in [0.1, 0.15) is 11.7 Å². The van der Waals surface area contributed by atoms with E-state index in [4.69, 9.17) is 4.74 Å². The summed E-state index contributed by atoms with van der Waals surface area (Å²) >= 11 is 0. The van der Waals surface area contributed by atoms with Gasteiger partial charge in [-0.1, -0.05) is 24.3 Å². The molecule has 1 aliphatic rings. The lowest BCUT2D eigenvalue weighted by molar-refractivity contribution is -0.384. The van der Waals surface area contributed by atoms with Gasteiger partial charge in [0.1, 0.15) is 17.6 Å². The van der Waals surface area contributed by atoms with Crippen molar-refractivity contribution in [1.82, 2.24) is 0 Å². The Kier molecular flexibility index (Phi) is 4.02. The first kappa shape index (κ1) is 14.5. The van der Waals surface area contributed by atoms with Crippen molar-refractivity contribution in [1.29, 1.82) is 0 Å². The quantitative estimate of drug-likeness (QED) is 0.645. The van der Waals surface area contributed by atoms with Crippen LogP contribution in [0.25, 0.3) is 0 Å². The Hall–Kier alpha value is -2.47. The van der Waals surface area contributed by atoms with Gasteiger partial charge in [0.15, 0.2) is 0 Å². The van der Waals surface area contributed by atoms with Crippen LogP contribution in [0.4, 0.5) is 15.8 Å². The first-order chi connectivity index (χ1) is 10.6. The van der Waals surface area contributed by atoms with E-state index in [1.165, 1.54) is 18.2 Å². The molecule has 3 rings (SSSR count). The highest BCUT2D eigenvalue weighted by Crippen LogP contribution is 2.32. The predicted octanol–water partition coefficient (Wildman–Crippen LogP) is 3.31. The Morgan fingerprint density at radius 1 is 1.18 bits per heavy atom. The maximum absolute atomic E-state index is 13.0. The largest absolute Gasteiger partial charge is 0.370 e. The Labute approximate surface area is 127 Å². The van der Waals surface area contributed by atoms with E-state index in [0.717, 1.165) is 5.56 Å². The number of nitrogens with zero attached hydrogens (tertiary/aromatic N) is 2. The van der Waals surface area contributed by atoms with Crippen LogP contribution in [-0.4, -0.2) is 24.6 Å². The summed E-state index contributed by atoms with van der Waals surface area (Å²) in [6, 6.07) is 12.8. The normalized spacial score (nSPS) is 18.2. The lowest BCUT2D eigenvalue weighted by Gasteiger charge is -2.34.